The van der Waals surface area contributed by atoms with Crippen molar-refractivity contribution in [1.29, 1.82) is 0 Å². The van der Waals surface area contributed by atoms with E-state index in [2.05, 4.69) is 5.32 Å². The van der Waals surface area contributed by atoms with Crippen molar-refractivity contribution in [2.75, 3.05) is 32.1 Å². The number of nitrogens with zero attached hydrogens (tertiary/aromatic N) is 2. The maximum atomic E-state index is 14.9. The number of para-hydroxylation sites is 1. The Morgan fingerprint density at radius 2 is 1.45 bits per heavy atom. The van der Waals surface area contributed by atoms with E-state index in [-0.39, 0.29) is 34.9 Å². The lowest BCUT2D eigenvalue weighted by Crippen LogP contribution is -2.53. The molecule has 11 heteroatoms. The van der Waals surface area contributed by atoms with Gasteiger partial charge >= 0.3 is 0 Å². The molecule has 0 aromatic heterocycles. The molecule has 0 aliphatic carbocycles. The summed E-state index contributed by atoms with van der Waals surface area (Å²) >= 11 is 0. The van der Waals surface area contributed by atoms with Crippen LogP contribution in [0, 0.1) is 5.82 Å². The average molecular weight is 620 g/mol. The summed E-state index contributed by atoms with van der Waals surface area (Å²) in [7, 11) is -0.0859. The van der Waals surface area contributed by atoms with Crippen LogP contribution in [0.15, 0.2) is 108 Å². The third kappa shape index (κ3) is 7.35. The van der Waals surface area contributed by atoms with E-state index in [4.69, 9.17) is 9.47 Å². The summed E-state index contributed by atoms with van der Waals surface area (Å²) in [6.07, 6.45) is 0.120. The van der Waals surface area contributed by atoms with E-state index in [1.807, 2.05) is 30.3 Å². The van der Waals surface area contributed by atoms with Crippen molar-refractivity contribution < 1.29 is 31.9 Å². The highest BCUT2D eigenvalue weighted by Crippen LogP contribution is 2.32. The molecule has 230 valence electrons. The number of likely N-dealkylation sites (N-methyl/N-ethyl adjacent to an activating group) is 1. The van der Waals surface area contributed by atoms with Gasteiger partial charge in [0.15, 0.2) is 11.5 Å². The van der Waals surface area contributed by atoms with Crippen LogP contribution in [0.5, 0.6) is 11.5 Å². The Morgan fingerprint density at radius 1 is 0.841 bits per heavy atom. The van der Waals surface area contributed by atoms with Crippen LogP contribution in [0.4, 0.5) is 10.1 Å². The third-order valence-corrected chi connectivity index (χ3v) is 8.85. The highest BCUT2D eigenvalue weighted by molar-refractivity contribution is 7.92. The van der Waals surface area contributed by atoms with E-state index in [9.17, 15) is 22.4 Å². The van der Waals surface area contributed by atoms with Crippen LogP contribution < -0.4 is 19.1 Å². The number of nitrogens with one attached hydrogen (secondary N) is 1. The summed E-state index contributed by atoms with van der Waals surface area (Å²) < 4.78 is 54.7. The molecule has 1 unspecified atom stereocenters. The molecule has 1 N–H and O–H groups in total. The lowest BCUT2D eigenvalue weighted by molar-refractivity contribution is -0.139. The summed E-state index contributed by atoms with van der Waals surface area (Å²) in [6, 6.07) is 26.2. The topological polar surface area (TPSA) is 105 Å². The number of hydrogen-bond acceptors (Lipinski definition) is 6. The molecular weight excluding hydrogens is 585 g/mol. The molecule has 0 aliphatic heterocycles. The molecule has 1 atom stereocenters. The van der Waals surface area contributed by atoms with E-state index in [1.165, 1.54) is 62.6 Å². The van der Waals surface area contributed by atoms with Crippen LogP contribution in [-0.4, -0.2) is 59.0 Å². The predicted octanol–water partition coefficient (Wildman–Crippen LogP) is 4.42. The van der Waals surface area contributed by atoms with Crippen LogP contribution in [-0.2, 0) is 32.6 Å². The van der Waals surface area contributed by atoms with Crippen molar-refractivity contribution in [2.24, 2.45) is 0 Å². The molecule has 0 saturated carbocycles. The SMILES string of the molecule is CNC(=O)C(Cc1ccccc1)N(Cc1ccccc1F)C(=O)CN(c1ccccc1)S(=O)(=O)c1ccc(OC)c(OC)c1. The second-order valence-electron chi connectivity index (χ2n) is 9.80. The van der Waals surface area contributed by atoms with Gasteiger partial charge in [0.1, 0.15) is 18.4 Å². The first kappa shape index (κ1) is 32.0. The number of methoxy groups -OCH3 is 2. The monoisotopic (exact) mass is 619 g/mol. The van der Waals surface area contributed by atoms with Crippen molar-refractivity contribution in [3.8, 4) is 11.5 Å². The Hall–Kier alpha value is -4.90. The zero-order valence-corrected chi connectivity index (χ0v) is 25.5. The van der Waals surface area contributed by atoms with Gasteiger partial charge < -0.3 is 19.7 Å². The maximum absolute atomic E-state index is 14.9. The van der Waals surface area contributed by atoms with Crippen LogP contribution >= 0.6 is 0 Å². The number of rotatable bonds is 13. The van der Waals surface area contributed by atoms with Crippen molar-refractivity contribution in [1.82, 2.24) is 10.2 Å². The van der Waals surface area contributed by atoms with Crippen LogP contribution in [0.25, 0.3) is 0 Å². The molecule has 4 rings (SSSR count). The Kier molecular flexibility index (Phi) is 10.6. The first-order valence-electron chi connectivity index (χ1n) is 13.8. The average Bonchev–Trinajstić information content (AvgIpc) is 3.05. The number of carbonyl (C=O) groups excluding carboxylic acids is 2. The lowest BCUT2D eigenvalue weighted by Gasteiger charge is -2.33. The minimum atomic E-state index is -4.36. The Morgan fingerprint density at radius 3 is 2.07 bits per heavy atom. The van der Waals surface area contributed by atoms with E-state index in [0.717, 1.165) is 9.87 Å². The van der Waals surface area contributed by atoms with Gasteiger partial charge in [-0.15, -0.1) is 0 Å². The van der Waals surface area contributed by atoms with Gasteiger partial charge in [-0.3, -0.25) is 13.9 Å². The number of carbonyl (C=O) groups is 2. The molecule has 0 bridgehead atoms. The molecular formula is C33H34FN3O6S. The summed E-state index contributed by atoms with van der Waals surface area (Å²) in [5.74, 6) is -1.22. The maximum Gasteiger partial charge on any atom is 0.264 e. The van der Waals surface area contributed by atoms with Gasteiger partial charge in [-0.05, 0) is 35.9 Å². The Labute approximate surface area is 256 Å². The van der Waals surface area contributed by atoms with Gasteiger partial charge in [0.2, 0.25) is 11.8 Å². The molecule has 44 heavy (non-hydrogen) atoms. The number of sulfonamides is 1. The van der Waals surface area contributed by atoms with Crippen LogP contribution in [0.3, 0.4) is 0 Å². The summed E-state index contributed by atoms with van der Waals surface area (Å²) in [6.45, 7) is -0.938. The largest absolute Gasteiger partial charge is 0.493 e. The van der Waals surface area contributed by atoms with E-state index < -0.39 is 40.2 Å². The van der Waals surface area contributed by atoms with Gasteiger partial charge in [-0.2, -0.15) is 0 Å². The molecule has 0 spiro atoms. The minimum absolute atomic E-state index is 0.120. The van der Waals surface area contributed by atoms with Gasteiger partial charge in [0, 0.05) is 31.6 Å². The van der Waals surface area contributed by atoms with E-state index in [1.54, 1.807) is 36.4 Å². The van der Waals surface area contributed by atoms with Gasteiger partial charge in [0.25, 0.3) is 10.0 Å². The zero-order chi connectivity index (χ0) is 31.7. The summed E-state index contributed by atoms with van der Waals surface area (Å²) in [4.78, 5) is 28.6. The number of halogens is 1. The lowest BCUT2D eigenvalue weighted by atomic mass is 10.0. The first-order chi connectivity index (χ1) is 21.2. The van der Waals surface area contributed by atoms with Crippen LogP contribution in [0.2, 0.25) is 0 Å². The van der Waals surface area contributed by atoms with Crippen molar-refractivity contribution >= 4 is 27.5 Å². The second-order valence-corrected chi connectivity index (χ2v) is 11.7. The highest BCUT2D eigenvalue weighted by atomic mass is 32.2. The third-order valence-electron chi connectivity index (χ3n) is 7.08. The molecule has 0 fully saturated rings. The van der Waals surface area contributed by atoms with Crippen LogP contribution in [0.1, 0.15) is 11.1 Å². The predicted molar refractivity (Wildman–Crippen MR) is 165 cm³/mol. The molecule has 9 nitrogen and oxygen atoms in total. The fourth-order valence-electron chi connectivity index (χ4n) is 4.76. The van der Waals surface area contributed by atoms with E-state index >= 15 is 0 Å². The van der Waals surface area contributed by atoms with E-state index in [0.29, 0.717) is 5.75 Å². The second kappa shape index (κ2) is 14.5. The molecule has 0 radical (unpaired) electrons. The Bertz CT molecular complexity index is 1690. The van der Waals surface area contributed by atoms with Gasteiger partial charge in [-0.1, -0.05) is 66.7 Å². The number of ether oxygens (including phenoxy) is 2. The number of anilines is 1. The van der Waals surface area contributed by atoms with Crippen molar-refractivity contribution in [3.05, 3.63) is 120 Å². The molecule has 4 aromatic carbocycles. The smallest absolute Gasteiger partial charge is 0.264 e. The normalized spacial score (nSPS) is 11.7. The quantitative estimate of drug-likeness (QED) is 0.238. The number of hydrogen-bond donors (Lipinski definition) is 1. The van der Waals surface area contributed by atoms with Gasteiger partial charge in [0.05, 0.1) is 24.8 Å². The highest BCUT2D eigenvalue weighted by Gasteiger charge is 2.35. The van der Waals surface area contributed by atoms with Crippen molar-refractivity contribution in [2.45, 2.75) is 23.9 Å². The number of benzene rings is 4. The molecule has 4 aromatic rings. The molecule has 0 aliphatic rings. The molecule has 0 heterocycles. The minimum Gasteiger partial charge on any atom is -0.493 e. The fourth-order valence-corrected chi connectivity index (χ4v) is 6.19. The summed E-state index contributed by atoms with van der Waals surface area (Å²) in [5.41, 5.74) is 1.17. The van der Waals surface area contributed by atoms with Gasteiger partial charge in [-0.25, -0.2) is 12.8 Å². The fraction of sp³-hybridized carbons (Fsp3) is 0.212. The van der Waals surface area contributed by atoms with Crippen molar-refractivity contribution in [3.63, 3.8) is 0 Å². The zero-order valence-electron chi connectivity index (χ0n) is 24.6. The standard InChI is InChI=1S/C33H34FN3O6S/c1-35-33(39)29(20-24-12-6-4-7-13-24)36(22-25-14-10-11-17-28(25)34)32(38)23-37(26-15-8-5-9-16-26)44(40,41)27-18-19-30(42-2)31(21-27)43-3/h4-19,21,29H,20,22-23H2,1-3H3,(H,35,39). The number of amides is 2. The Balaban J connectivity index is 1.80. The first-order valence-corrected chi connectivity index (χ1v) is 15.2. The molecule has 2 amide bonds. The molecule has 0 saturated heterocycles. The summed E-state index contributed by atoms with van der Waals surface area (Å²) in [5, 5.41) is 2.60.